The maximum Gasteiger partial charge on any atom is 0.333 e. The molecule has 8 heteroatoms. The maximum absolute atomic E-state index is 12.7. The molecule has 32 heavy (non-hydrogen) atoms. The molecule has 1 heterocycles. The van der Waals surface area contributed by atoms with Crippen LogP contribution in [0.25, 0.3) is 0 Å². The van der Waals surface area contributed by atoms with Crippen LogP contribution in [0, 0.1) is 0 Å². The molecule has 0 radical (unpaired) electrons. The van der Waals surface area contributed by atoms with Crippen LogP contribution in [0.5, 0.6) is 5.75 Å². The summed E-state index contributed by atoms with van der Waals surface area (Å²) in [6, 6.07) is 17.5. The third kappa shape index (κ3) is 5.75. The van der Waals surface area contributed by atoms with Gasteiger partial charge in [0.1, 0.15) is 5.75 Å². The van der Waals surface area contributed by atoms with Crippen molar-refractivity contribution in [3.63, 3.8) is 0 Å². The van der Waals surface area contributed by atoms with Crippen LogP contribution in [0.4, 0.5) is 0 Å². The number of esters is 1. The van der Waals surface area contributed by atoms with Crippen LogP contribution in [0.3, 0.4) is 0 Å². The summed E-state index contributed by atoms with van der Waals surface area (Å²) in [6.07, 6.45) is 1.36. The highest BCUT2D eigenvalue weighted by atomic mass is 16.5. The minimum atomic E-state index is -1.10. The third-order valence-electron chi connectivity index (χ3n) is 4.72. The smallest absolute Gasteiger partial charge is 0.333 e. The third-order valence-corrected chi connectivity index (χ3v) is 4.72. The average molecular weight is 436 g/mol. The summed E-state index contributed by atoms with van der Waals surface area (Å²) in [5.41, 5.74) is 1.31. The summed E-state index contributed by atoms with van der Waals surface area (Å²) < 4.78 is 15.6. The number of nitrogens with one attached hydrogen (secondary N) is 2. The van der Waals surface area contributed by atoms with Gasteiger partial charge in [-0.3, -0.25) is 9.59 Å². The first kappa shape index (κ1) is 22.6. The van der Waals surface area contributed by atoms with Crippen LogP contribution in [-0.2, 0) is 14.3 Å². The van der Waals surface area contributed by atoms with E-state index in [9.17, 15) is 14.4 Å². The quantitative estimate of drug-likeness (QED) is 0.499. The molecule has 3 rings (SSSR count). The molecule has 3 aromatic rings. The number of amides is 2. The summed E-state index contributed by atoms with van der Waals surface area (Å²) in [6.45, 7) is 1.30. The van der Waals surface area contributed by atoms with Gasteiger partial charge in [0.15, 0.2) is 18.4 Å². The fourth-order valence-electron chi connectivity index (χ4n) is 3.14. The second-order valence-corrected chi connectivity index (χ2v) is 6.93. The molecule has 2 unspecified atom stereocenters. The Labute approximate surface area is 185 Å². The van der Waals surface area contributed by atoms with E-state index in [1.54, 1.807) is 56.5 Å². The summed E-state index contributed by atoms with van der Waals surface area (Å²) in [7, 11) is 1.55. The van der Waals surface area contributed by atoms with Crippen molar-refractivity contribution >= 4 is 17.8 Å². The Morgan fingerprint density at radius 1 is 0.938 bits per heavy atom. The first-order valence-corrected chi connectivity index (χ1v) is 9.98. The lowest BCUT2D eigenvalue weighted by molar-refractivity contribution is -0.150. The Morgan fingerprint density at radius 3 is 2.34 bits per heavy atom. The molecule has 0 bridgehead atoms. The highest BCUT2D eigenvalue weighted by molar-refractivity contribution is 5.95. The van der Waals surface area contributed by atoms with Gasteiger partial charge in [-0.25, -0.2) is 4.79 Å². The van der Waals surface area contributed by atoms with Crippen molar-refractivity contribution < 1.29 is 28.3 Å². The first-order valence-electron chi connectivity index (χ1n) is 9.98. The molecule has 0 aliphatic carbocycles. The van der Waals surface area contributed by atoms with Gasteiger partial charge in [0.05, 0.1) is 19.4 Å². The normalized spacial score (nSPS) is 12.3. The standard InChI is InChI=1S/C24H24N2O6/c1-16(18-11-6-7-12-19(18)30-2)25-21(27)15-32-24(29)22(17-9-4-3-5-10-17)26-23(28)20-13-8-14-31-20/h3-14,16,22H,15H2,1-2H3,(H,25,27)(H,26,28). The topological polar surface area (TPSA) is 107 Å². The molecule has 2 N–H and O–H groups in total. The molecule has 0 aliphatic heterocycles. The number of hydrogen-bond donors (Lipinski definition) is 2. The van der Waals surface area contributed by atoms with Gasteiger partial charge in [-0.2, -0.15) is 0 Å². The van der Waals surface area contributed by atoms with Crippen LogP contribution in [0.1, 0.15) is 40.7 Å². The summed E-state index contributed by atoms with van der Waals surface area (Å²) in [4.78, 5) is 37.5. The van der Waals surface area contributed by atoms with Gasteiger partial charge >= 0.3 is 5.97 Å². The first-order chi connectivity index (χ1) is 15.5. The zero-order valence-corrected chi connectivity index (χ0v) is 17.7. The zero-order chi connectivity index (χ0) is 22.9. The number of hydrogen-bond acceptors (Lipinski definition) is 6. The van der Waals surface area contributed by atoms with E-state index in [1.807, 2.05) is 18.2 Å². The largest absolute Gasteiger partial charge is 0.496 e. The fourth-order valence-corrected chi connectivity index (χ4v) is 3.14. The number of methoxy groups -OCH3 is 1. The molecule has 8 nitrogen and oxygen atoms in total. The summed E-state index contributed by atoms with van der Waals surface area (Å²) in [5, 5.41) is 5.36. The number of carbonyl (C=O) groups is 3. The summed E-state index contributed by atoms with van der Waals surface area (Å²) >= 11 is 0. The molecule has 2 aromatic carbocycles. The minimum absolute atomic E-state index is 0.0575. The van der Waals surface area contributed by atoms with Crippen molar-refractivity contribution in [3.8, 4) is 5.75 Å². The number of carbonyl (C=O) groups excluding carboxylic acids is 3. The van der Waals surface area contributed by atoms with E-state index in [1.165, 1.54) is 12.3 Å². The Bertz CT molecular complexity index is 1050. The Balaban J connectivity index is 1.63. The maximum atomic E-state index is 12.7. The second kappa shape index (κ2) is 10.8. The molecule has 0 fully saturated rings. The van der Waals surface area contributed by atoms with Gasteiger partial charge < -0.3 is 24.5 Å². The lowest BCUT2D eigenvalue weighted by Crippen LogP contribution is -2.37. The van der Waals surface area contributed by atoms with Gasteiger partial charge in [0.25, 0.3) is 11.8 Å². The Kier molecular flexibility index (Phi) is 7.64. The predicted molar refractivity (Wildman–Crippen MR) is 116 cm³/mol. The molecule has 0 spiro atoms. The van der Waals surface area contributed by atoms with Crippen LogP contribution in [0.15, 0.2) is 77.4 Å². The van der Waals surface area contributed by atoms with E-state index < -0.39 is 30.4 Å². The predicted octanol–water partition coefficient (Wildman–Crippen LogP) is 3.18. The zero-order valence-electron chi connectivity index (χ0n) is 17.7. The van der Waals surface area contributed by atoms with Gasteiger partial charge in [-0.05, 0) is 30.7 Å². The van der Waals surface area contributed by atoms with Crippen LogP contribution >= 0.6 is 0 Å². The van der Waals surface area contributed by atoms with Crippen molar-refractivity contribution in [1.82, 2.24) is 10.6 Å². The second-order valence-electron chi connectivity index (χ2n) is 6.93. The minimum Gasteiger partial charge on any atom is -0.496 e. The molecule has 0 saturated carbocycles. The van der Waals surface area contributed by atoms with Gasteiger partial charge in [-0.15, -0.1) is 0 Å². The molecular formula is C24H24N2O6. The van der Waals surface area contributed by atoms with E-state index in [4.69, 9.17) is 13.9 Å². The van der Waals surface area contributed by atoms with Gasteiger partial charge in [-0.1, -0.05) is 48.5 Å². The molecule has 0 saturated heterocycles. The number of para-hydroxylation sites is 1. The molecular weight excluding hydrogens is 412 g/mol. The van der Waals surface area contributed by atoms with Gasteiger partial charge in [0, 0.05) is 5.56 Å². The van der Waals surface area contributed by atoms with Crippen molar-refractivity contribution in [1.29, 1.82) is 0 Å². The lowest BCUT2D eigenvalue weighted by Gasteiger charge is -2.19. The monoisotopic (exact) mass is 436 g/mol. The summed E-state index contributed by atoms with van der Waals surface area (Å²) in [5.74, 6) is -1.13. The molecule has 2 atom stereocenters. The van der Waals surface area contributed by atoms with E-state index in [0.29, 0.717) is 11.3 Å². The van der Waals surface area contributed by atoms with Crippen molar-refractivity contribution in [3.05, 3.63) is 89.9 Å². The highest BCUT2D eigenvalue weighted by Crippen LogP contribution is 2.24. The Morgan fingerprint density at radius 2 is 1.66 bits per heavy atom. The molecule has 166 valence electrons. The lowest BCUT2D eigenvalue weighted by atomic mass is 10.1. The van der Waals surface area contributed by atoms with Crippen LogP contribution in [0.2, 0.25) is 0 Å². The number of furan rings is 1. The number of rotatable bonds is 9. The van der Waals surface area contributed by atoms with E-state index in [2.05, 4.69) is 10.6 Å². The van der Waals surface area contributed by atoms with Crippen molar-refractivity contribution in [2.45, 2.75) is 19.0 Å². The highest BCUT2D eigenvalue weighted by Gasteiger charge is 2.26. The molecule has 2 amide bonds. The van der Waals surface area contributed by atoms with Crippen molar-refractivity contribution in [2.75, 3.05) is 13.7 Å². The SMILES string of the molecule is COc1ccccc1C(C)NC(=O)COC(=O)C(NC(=O)c1ccco1)c1ccccc1. The average Bonchev–Trinajstić information content (AvgIpc) is 3.36. The number of benzene rings is 2. The van der Waals surface area contributed by atoms with E-state index >= 15 is 0 Å². The van der Waals surface area contributed by atoms with Crippen molar-refractivity contribution in [2.24, 2.45) is 0 Å². The van der Waals surface area contributed by atoms with Crippen LogP contribution in [-0.4, -0.2) is 31.5 Å². The molecule has 0 aliphatic rings. The van der Waals surface area contributed by atoms with E-state index in [0.717, 1.165) is 5.56 Å². The van der Waals surface area contributed by atoms with E-state index in [-0.39, 0.29) is 11.8 Å². The fraction of sp³-hybridized carbons (Fsp3) is 0.208. The Hall–Kier alpha value is -4.07. The van der Waals surface area contributed by atoms with Crippen LogP contribution < -0.4 is 15.4 Å². The molecule has 1 aromatic heterocycles. The number of ether oxygens (including phenoxy) is 2. The van der Waals surface area contributed by atoms with Gasteiger partial charge in [0.2, 0.25) is 0 Å².